The van der Waals surface area contributed by atoms with Crippen molar-refractivity contribution in [3.8, 4) is 17.2 Å². The van der Waals surface area contributed by atoms with Gasteiger partial charge in [-0.3, -0.25) is 4.79 Å². The van der Waals surface area contributed by atoms with Gasteiger partial charge in [0.15, 0.2) is 5.75 Å². The highest BCUT2D eigenvalue weighted by molar-refractivity contribution is 5.89. The minimum atomic E-state index is -0.183. The first kappa shape index (κ1) is 23.1. The summed E-state index contributed by atoms with van der Waals surface area (Å²) in [6.45, 7) is 9.32. The Kier molecular flexibility index (Phi) is 9.36. The maximum Gasteiger partial charge on any atom is 0.297 e. The molecule has 1 aromatic carbocycles. The van der Waals surface area contributed by atoms with Gasteiger partial charge in [0.2, 0.25) is 5.75 Å². The molecule has 0 atom stereocenters. The number of aryl methyl sites for hydroxylation is 1. The normalized spacial score (nSPS) is 11.3. The second-order valence-corrected chi connectivity index (χ2v) is 7.95. The third-order valence-electron chi connectivity index (χ3n) is 5.00. The molecule has 0 aliphatic carbocycles. The molecule has 0 saturated heterocycles. The van der Waals surface area contributed by atoms with E-state index >= 15 is 0 Å². The molecule has 0 aliphatic rings. The van der Waals surface area contributed by atoms with E-state index in [9.17, 15) is 9.90 Å². The Bertz CT molecular complexity index is 826. The van der Waals surface area contributed by atoms with Crippen molar-refractivity contribution >= 4 is 10.9 Å². The number of nitrogens with zero attached hydrogens (tertiary/aromatic N) is 1. The van der Waals surface area contributed by atoms with E-state index in [2.05, 4.69) is 13.8 Å². The molecule has 5 heteroatoms. The number of phenolic OH excluding ortho intramolecular Hbond substituents is 1. The van der Waals surface area contributed by atoms with Gasteiger partial charge in [-0.05, 0) is 38.8 Å². The van der Waals surface area contributed by atoms with Crippen LogP contribution >= 0.6 is 0 Å². The SMILES string of the molecule is CCCCCCOc1c(OC(C)C)c(=O)n(CCCCCC)c2cc(O)ccc12. The number of hydrogen-bond acceptors (Lipinski definition) is 4. The van der Waals surface area contributed by atoms with Gasteiger partial charge in [-0.1, -0.05) is 52.4 Å². The number of ether oxygens (including phenoxy) is 2. The Balaban J connectivity index is 2.47. The van der Waals surface area contributed by atoms with Crippen molar-refractivity contribution in [2.75, 3.05) is 6.61 Å². The first-order valence-corrected chi connectivity index (χ1v) is 11.2. The standard InChI is InChI=1S/C24H37NO4/c1-5-7-9-11-15-25-21-17-19(26)13-14-20(21)22(28-16-12-10-8-6-2)23(24(25)27)29-18(3)4/h13-14,17-18,26H,5-12,15-16H2,1-4H3. The number of phenols is 1. The predicted molar refractivity (Wildman–Crippen MR) is 119 cm³/mol. The first-order valence-electron chi connectivity index (χ1n) is 11.2. The van der Waals surface area contributed by atoms with Gasteiger partial charge < -0.3 is 19.1 Å². The van der Waals surface area contributed by atoms with Gasteiger partial charge in [-0.2, -0.15) is 0 Å². The summed E-state index contributed by atoms with van der Waals surface area (Å²) in [7, 11) is 0. The van der Waals surface area contributed by atoms with Crippen molar-refractivity contribution in [2.24, 2.45) is 0 Å². The number of aromatic hydroxyl groups is 1. The highest BCUT2D eigenvalue weighted by Gasteiger charge is 2.21. The van der Waals surface area contributed by atoms with Crippen LogP contribution in [0.25, 0.3) is 10.9 Å². The Hall–Kier alpha value is -2.17. The Morgan fingerprint density at radius 1 is 0.966 bits per heavy atom. The highest BCUT2D eigenvalue weighted by atomic mass is 16.5. The summed E-state index contributed by atoms with van der Waals surface area (Å²) >= 11 is 0. The van der Waals surface area contributed by atoms with Gasteiger partial charge in [0.25, 0.3) is 5.56 Å². The van der Waals surface area contributed by atoms with Gasteiger partial charge in [-0.25, -0.2) is 0 Å². The number of unbranched alkanes of at least 4 members (excludes halogenated alkanes) is 6. The molecule has 0 bridgehead atoms. The minimum absolute atomic E-state index is 0.131. The summed E-state index contributed by atoms with van der Waals surface area (Å²) in [4.78, 5) is 13.3. The van der Waals surface area contributed by atoms with Crippen LogP contribution in [0.3, 0.4) is 0 Å². The monoisotopic (exact) mass is 403 g/mol. The van der Waals surface area contributed by atoms with Crippen LogP contribution in [0.15, 0.2) is 23.0 Å². The average Bonchev–Trinajstić information content (AvgIpc) is 2.68. The molecule has 162 valence electrons. The van der Waals surface area contributed by atoms with Gasteiger partial charge in [0, 0.05) is 18.0 Å². The van der Waals surface area contributed by atoms with Gasteiger partial charge in [0.1, 0.15) is 5.75 Å². The van der Waals surface area contributed by atoms with Crippen LogP contribution in [0, 0.1) is 0 Å². The lowest BCUT2D eigenvalue weighted by Crippen LogP contribution is -2.25. The highest BCUT2D eigenvalue weighted by Crippen LogP contribution is 2.35. The molecular weight excluding hydrogens is 366 g/mol. The molecule has 2 aromatic rings. The molecule has 2 rings (SSSR count). The molecule has 0 aliphatic heterocycles. The molecule has 1 heterocycles. The molecule has 0 amide bonds. The minimum Gasteiger partial charge on any atom is -0.508 e. The number of hydrogen-bond donors (Lipinski definition) is 1. The molecule has 0 radical (unpaired) electrons. The van der Waals surface area contributed by atoms with Crippen LogP contribution in [0.4, 0.5) is 0 Å². The zero-order chi connectivity index (χ0) is 21.2. The summed E-state index contributed by atoms with van der Waals surface area (Å²) in [5.41, 5.74) is 0.517. The van der Waals surface area contributed by atoms with Crippen molar-refractivity contribution in [3.63, 3.8) is 0 Å². The number of aromatic nitrogens is 1. The number of benzene rings is 1. The zero-order valence-corrected chi connectivity index (χ0v) is 18.5. The quantitative estimate of drug-likeness (QED) is 0.415. The fraction of sp³-hybridized carbons (Fsp3) is 0.625. The molecule has 1 aromatic heterocycles. The summed E-state index contributed by atoms with van der Waals surface area (Å²) in [6.07, 6.45) is 8.52. The molecule has 1 N–H and O–H groups in total. The van der Waals surface area contributed by atoms with Crippen LogP contribution < -0.4 is 15.0 Å². The lowest BCUT2D eigenvalue weighted by Gasteiger charge is -2.20. The van der Waals surface area contributed by atoms with Crippen molar-refractivity contribution in [1.29, 1.82) is 0 Å². The Labute approximate surface area is 174 Å². The van der Waals surface area contributed by atoms with Crippen LogP contribution in [0.5, 0.6) is 17.2 Å². The number of fused-ring (bicyclic) bond motifs is 1. The van der Waals surface area contributed by atoms with E-state index in [1.165, 1.54) is 6.42 Å². The third-order valence-corrected chi connectivity index (χ3v) is 5.00. The summed E-state index contributed by atoms with van der Waals surface area (Å²) < 4.78 is 13.8. The maximum absolute atomic E-state index is 13.3. The van der Waals surface area contributed by atoms with E-state index in [1.807, 2.05) is 19.9 Å². The predicted octanol–water partition coefficient (Wildman–Crippen LogP) is 6.03. The van der Waals surface area contributed by atoms with Crippen molar-refractivity contribution in [2.45, 2.75) is 91.7 Å². The van der Waals surface area contributed by atoms with E-state index in [-0.39, 0.29) is 23.2 Å². The largest absolute Gasteiger partial charge is 0.508 e. The summed E-state index contributed by atoms with van der Waals surface area (Å²) in [5.74, 6) is 0.926. The van der Waals surface area contributed by atoms with E-state index in [4.69, 9.17) is 9.47 Å². The lowest BCUT2D eigenvalue weighted by molar-refractivity contribution is 0.216. The topological polar surface area (TPSA) is 60.7 Å². The van der Waals surface area contributed by atoms with Crippen molar-refractivity contribution < 1.29 is 14.6 Å². The van der Waals surface area contributed by atoms with Crippen molar-refractivity contribution in [1.82, 2.24) is 4.57 Å². The molecule has 0 spiro atoms. The average molecular weight is 404 g/mol. The van der Waals surface area contributed by atoms with E-state index in [1.54, 1.807) is 16.7 Å². The van der Waals surface area contributed by atoms with Crippen LogP contribution in [0.2, 0.25) is 0 Å². The molecule has 0 fully saturated rings. The van der Waals surface area contributed by atoms with E-state index < -0.39 is 0 Å². The van der Waals surface area contributed by atoms with Gasteiger partial charge >= 0.3 is 0 Å². The Morgan fingerprint density at radius 2 is 1.66 bits per heavy atom. The lowest BCUT2D eigenvalue weighted by atomic mass is 10.1. The molecule has 0 saturated carbocycles. The van der Waals surface area contributed by atoms with Crippen molar-refractivity contribution in [3.05, 3.63) is 28.6 Å². The summed E-state index contributed by atoms with van der Waals surface area (Å²) in [6, 6.07) is 5.11. The fourth-order valence-corrected chi connectivity index (χ4v) is 3.49. The fourth-order valence-electron chi connectivity index (χ4n) is 3.49. The van der Waals surface area contributed by atoms with Crippen LogP contribution in [-0.4, -0.2) is 22.4 Å². The molecule has 5 nitrogen and oxygen atoms in total. The second kappa shape index (κ2) is 11.7. The Morgan fingerprint density at radius 3 is 2.31 bits per heavy atom. The van der Waals surface area contributed by atoms with Crippen LogP contribution in [-0.2, 0) is 6.54 Å². The maximum atomic E-state index is 13.3. The smallest absolute Gasteiger partial charge is 0.297 e. The first-order chi connectivity index (χ1) is 14.0. The number of rotatable bonds is 13. The van der Waals surface area contributed by atoms with Gasteiger partial charge in [0.05, 0.1) is 18.2 Å². The third kappa shape index (κ3) is 6.41. The van der Waals surface area contributed by atoms with E-state index in [0.717, 1.165) is 50.3 Å². The summed E-state index contributed by atoms with van der Waals surface area (Å²) in [5, 5.41) is 10.9. The van der Waals surface area contributed by atoms with E-state index in [0.29, 0.717) is 24.4 Å². The number of pyridine rings is 1. The molecule has 0 unspecified atom stereocenters. The van der Waals surface area contributed by atoms with Gasteiger partial charge in [-0.15, -0.1) is 0 Å². The molecule has 29 heavy (non-hydrogen) atoms. The zero-order valence-electron chi connectivity index (χ0n) is 18.5. The second-order valence-electron chi connectivity index (χ2n) is 7.95. The molecular formula is C24H37NO4. The van der Waals surface area contributed by atoms with Crippen LogP contribution in [0.1, 0.15) is 79.1 Å².